The maximum atomic E-state index is 12.5. The van der Waals surface area contributed by atoms with Crippen LogP contribution < -0.4 is 29.6 Å². The van der Waals surface area contributed by atoms with Crippen molar-refractivity contribution in [3.63, 3.8) is 0 Å². The fraction of sp³-hybridized carbons (Fsp3) is 1.00. The van der Waals surface area contributed by atoms with Gasteiger partial charge in [-0.25, -0.2) is 8.42 Å². The first kappa shape index (κ1) is 39.3. The van der Waals surface area contributed by atoms with E-state index in [4.69, 9.17) is 9.47 Å². The molecule has 14 heteroatoms. The van der Waals surface area contributed by atoms with Crippen LogP contribution in [0.15, 0.2) is 0 Å². The maximum absolute atomic E-state index is 12.5. The first-order chi connectivity index (χ1) is 20.8. The van der Waals surface area contributed by atoms with Crippen LogP contribution in [0.1, 0.15) is 92.4 Å². The van der Waals surface area contributed by atoms with E-state index in [9.17, 15) is 43.6 Å². The molecule has 0 aromatic rings. The van der Waals surface area contributed by atoms with E-state index in [1.807, 2.05) is 13.8 Å². The monoisotopic (exact) mass is 686 g/mol. The van der Waals surface area contributed by atoms with Crippen molar-refractivity contribution in [1.29, 1.82) is 0 Å². The first-order valence-electron chi connectivity index (χ1n) is 16.9. The summed E-state index contributed by atoms with van der Waals surface area (Å²) in [6, 6.07) is 0. The Morgan fingerprint density at radius 2 is 1.59 bits per heavy atom. The summed E-state index contributed by atoms with van der Waals surface area (Å²) in [5.74, 6) is -0.194. The molecule has 46 heavy (non-hydrogen) atoms. The van der Waals surface area contributed by atoms with Crippen molar-refractivity contribution >= 4 is 10.4 Å². The summed E-state index contributed by atoms with van der Waals surface area (Å²) in [5.41, 5.74) is -1.83. The zero-order chi connectivity index (χ0) is 33.3. The van der Waals surface area contributed by atoms with Crippen LogP contribution in [-0.2, 0) is 24.1 Å². The molecule has 0 radical (unpaired) electrons. The molecule has 6 N–H and O–H groups in total. The summed E-state index contributed by atoms with van der Waals surface area (Å²) in [4.78, 5) is 0. The van der Waals surface area contributed by atoms with E-state index < -0.39 is 65.5 Å². The van der Waals surface area contributed by atoms with Crippen LogP contribution in [0.25, 0.3) is 0 Å². The second kappa shape index (κ2) is 14.3. The Labute approximate surface area is 295 Å². The van der Waals surface area contributed by atoms with Gasteiger partial charge in [0.2, 0.25) is 10.4 Å². The fourth-order valence-corrected chi connectivity index (χ4v) is 11.4. The number of hydrogen-bond acceptors (Lipinski definition) is 12. The van der Waals surface area contributed by atoms with E-state index in [1.54, 1.807) is 0 Å². The van der Waals surface area contributed by atoms with E-state index >= 15 is 0 Å². The summed E-state index contributed by atoms with van der Waals surface area (Å²) in [7, 11) is -5.10. The summed E-state index contributed by atoms with van der Waals surface area (Å²) in [6.45, 7) is 10.0. The van der Waals surface area contributed by atoms with Crippen LogP contribution in [-0.4, -0.2) is 105 Å². The number of aliphatic hydroxyl groups excluding tert-OH is 5. The van der Waals surface area contributed by atoms with Gasteiger partial charge in [-0.05, 0) is 91.8 Å². The zero-order valence-corrected chi connectivity index (χ0v) is 31.0. The molecule has 5 fully saturated rings. The minimum atomic E-state index is -5.10. The smallest absolute Gasteiger partial charge is 0.726 e. The van der Waals surface area contributed by atoms with Gasteiger partial charge in [0.1, 0.15) is 18.3 Å². The van der Waals surface area contributed by atoms with E-state index in [1.165, 1.54) is 0 Å². The third-order valence-electron chi connectivity index (χ3n) is 13.1. The van der Waals surface area contributed by atoms with Crippen molar-refractivity contribution in [3.8, 4) is 0 Å². The Hall–Kier alpha value is 0.550. The Kier molecular flexibility index (Phi) is 12.2. The summed E-state index contributed by atoms with van der Waals surface area (Å²) < 4.78 is 48.8. The van der Waals surface area contributed by atoms with Crippen LogP contribution in [0, 0.1) is 46.3 Å². The van der Waals surface area contributed by atoms with Gasteiger partial charge < -0.3 is 44.7 Å². The molecule has 1 aliphatic heterocycles. The minimum absolute atomic E-state index is 0. The molecule has 0 amide bonds. The van der Waals surface area contributed by atoms with Crippen LogP contribution in [0.4, 0.5) is 0 Å². The molecule has 262 valence electrons. The number of aliphatic hydroxyl groups is 6. The molecule has 0 spiro atoms. The van der Waals surface area contributed by atoms with Gasteiger partial charge in [-0.3, -0.25) is 4.18 Å². The van der Waals surface area contributed by atoms with Crippen molar-refractivity contribution in [2.75, 3.05) is 6.61 Å². The van der Waals surface area contributed by atoms with Gasteiger partial charge in [-0.2, -0.15) is 0 Å². The van der Waals surface area contributed by atoms with Crippen LogP contribution in [0.5, 0.6) is 0 Å². The molecule has 4 saturated carbocycles. The Bertz CT molecular complexity index is 1160. The predicted octanol–water partition coefficient (Wildman–Crippen LogP) is -1.55. The Morgan fingerprint density at radius 3 is 2.22 bits per heavy atom. The molecule has 1 saturated heterocycles. The van der Waals surface area contributed by atoms with Crippen molar-refractivity contribution in [1.82, 2.24) is 0 Å². The van der Waals surface area contributed by atoms with Crippen molar-refractivity contribution < 1.29 is 86.8 Å². The molecule has 0 aromatic carbocycles. The van der Waals surface area contributed by atoms with Crippen molar-refractivity contribution in [2.45, 2.75) is 147 Å². The quantitative estimate of drug-likeness (QED) is 0.0927. The largest absolute Gasteiger partial charge is 1.00 e. The number of rotatable bonds is 9. The average molecular weight is 687 g/mol. The SMILES string of the molecule is CC(C)[C@H](CC[C@@H](C)[C@H]1CC(O)C2C3(O)C[C@H](O)[C@@H]4C[C@@H](O)CC[C@@]4(C)C3CC[C@@]21C)O[C@@H]1OC[C@@H](OS(=O)(=O)[O-])[C@@H](O)[C@H]1O.[Na+]. The van der Waals surface area contributed by atoms with E-state index in [0.717, 1.165) is 25.7 Å². The average Bonchev–Trinajstić information content (AvgIpc) is 3.21. The van der Waals surface area contributed by atoms with Gasteiger partial charge in [0.15, 0.2) is 6.29 Å². The third kappa shape index (κ3) is 7.17. The zero-order valence-electron chi connectivity index (χ0n) is 28.2. The molecule has 5 rings (SSSR count). The summed E-state index contributed by atoms with van der Waals surface area (Å²) >= 11 is 0. The Morgan fingerprint density at radius 1 is 0.935 bits per heavy atom. The topological polar surface area (TPSA) is 206 Å². The normalized spacial score (nSPS) is 48.9. The van der Waals surface area contributed by atoms with E-state index in [-0.39, 0.29) is 88.4 Å². The van der Waals surface area contributed by atoms with Crippen LogP contribution >= 0.6 is 0 Å². The molecule has 12 nitrogen and oxygen atoms in total. The van der Waals surface area contributed by atoms with Gasteiger partial charge in [-0.1, -0.05) is 34.6 Å². The molecular formula is C32H55NaO12S. The van der Waals surface area contributed by atoms with Gasteiger partial charge in [0, 0.05) is 12.3 Å². The molecule has 5 aliphatic rings. The number of fused-ring (bicyclic) bond motifs is 5. The van der Waals surface area contributed by atoms with Gasteiger partial charge in [0.05, 0.1) is 36.6 Å². The molecule has 0 aromatic heterocycles. The third-order valence-corrected chi connectivity index (χ3v) is 13.5. The van der Waals surface area contributed by atoms with Crippen LogP contribution in [0.3, 0.4) is 0 Å². The summed E-state index contributed by atoms with van der Waals surface area (Å²) in [5, 5.41) is 66.7. The fourth-order valence-electron chi connectivity index (χ4n) is 10.9. The van der Waals surface area contributed by atoms with E-state index in [2.05, 4.69) is 25.0 Å². The molecule has 1 heterocycles. The molecule has 4 unspecified atom stereocenters. The first-order valence-corrected chi connectivity index (χ1v) is 18.2. The second-order valence-corrected chi connectivity index (χ2v) is 17.0. The van der Waals surface area contributed by atoms with Gasteiger partial charge >= 0.3 is 29.6 Å². The molecular weight excluding hydrogens is 631 g/mol. The van der Waals surface area contributed by atoms with Gasteiger partial charge in [-0.15, -0.1) is 0 Å². The number of ether oxygens (including phenoxy) is 2. The number of hydrogen-bond donors (Lipinski definition) is 6. The maximum Gasteiger partial charge on any atom is 1.00 e. The standard InChI is InChI=1S/C32H56O12S.Na/c1-16(2)23(43-29-27(37)26(36)24(15-42-29)44-45(39,40)41)7-6-17(3)19-13-21(34)28-31(19,5)11-9-25-30(4)10-8-18(33)12-20(30)22(35)14-32(25,28)38;/h16-29,33-38H,6-15H2,1-5H3,(H,39,40,41);/q;+1/p-1/t17-,18+,19-,20+,21?,22+,23+,24-,25?,26-,27-,28?,29+,30-,31-,32?;/m1./s1. The minimum Gasteiger partial charge on any atom is -0.726 e. The molecule has 16 atom stereocenters. The van der Waals surface area contributed by atoms with E-state index in [0.29, 0.717) is 25.7 Å². The van der Waals surface area contributed by atoms with Crippen molar-refractivity contribution in [2.24, 2.45) is 46.3 Å². The van der Waals surface area contributed by atoms with Crippen LogP contribution in [0.2, 0.25) is 0 Å². The second-order valence-electron chi connectivity index (χ2n) is 16.0. The predicted molar refractivity (Wildman–Crippen MR) is 160 cm³/mol. The molecule has 4 aliphatic carbocycles. The molecule has 0 bridgehead atoms. The summed E-state index contributed by atoms with van der Waals surface area (Å²) in [6.07, 6.45) is -2.57. The van der Waals surface area contributed by atoms with Crippen molar-refractivity contribution in [3.05, 3.63) is 0 Å². The van der Waals surface area contributed by atoms with Gasteiger partial charge in [0.25, 0.3) is 0 Å². The Balaban J connectivity index is 0.00000480.